The molecule has 2 rings (SSSR count). The molecule has 0 bridgehead atoms. The van der Waals surface area contributed by atoms with E-state index in [2.05, 4.69) is 10.6 Å². The van der Waals surface area contributed by atoms with E-state index < -0.39 is 24.0 Å². The van der Waals surface area contributed by atoms with E-state index >= 15 is 0 Å². The number of urea groups is 1. The van der Waals surface area contributed by atoms with Crippen LogP contribution in [0.4, 0.5) is 9.18 Å². The predicted octanol–water partition coefficient (Wildman–Crippen LogP) is 2.36. The molecule has 3 unspecified atom stereocenters. The van der Waals surface area contributed by atoms with E-state index in [1.54, 1.807) is 17.0 Å². The zero-order valence-electron chi connectivity index (χ0n) is 16.3. The first-order chi connectivity index (χ1) is 13.3. The van der Waals surface area contributed by atoms with Crippen molar-refractivity contribution >= 4 is 17.9 Å². The maximum absolute atomic E-state index is 12.9. The Kier molecular flexibility index (Phi) is 7.78. The van der Waals surface area contributed by atoms with Crippen LogP contribution in [0.5, 0.6) is 0 Å². The third-order valence-corrected chi connectivity index (χ3v) is 5.08. The second-order valence-corrected chi connectivity index (χ2v) is 7.29. The van der Waals surface area contributed by atoms with Gasteiger partial charge in [-0.2, -0.15) is 0 Å². The fourth-order valence-corrected chi connectivity index (χ4v) is 3.47. The van der Waals surface area contributed by atoms with Gasteiger partial charge < -0.3 is 20.6 Å². The molecule has 0 saturated carbocycles. The number of nitrogens with zero attached hydrogens (tertiary/aromatic N) is 1. The standard InChI is InChI=1S/C20H28FN3O4/c1-3-4-17(18(25)24-10-9-16(19(26)27)13(2)12-24)23-20(28)22-11-14-5-7-15(21)8-6-14/h5-8,13,16-17H,3-4,9-12H2,1-2H3,(H,26,27)(H2,22,23,28). The topological polar surface area (TPSA) is 98.7 Å². The van der Waals surface area contributed by atoms with Gasteiger partial charge in [0.05, 0.1) is 5.92 Å². The summed E-state index contributed by atoms with van der Waals surface area (Å²) in [5, 5.41) is 14.6. The third-order valence-electron chi connectivity index (χ3n) is 5.08. The Labute approximate surface area is 164 Å². The van der Waals surface area contributed by atoms with Crippen LogP contribution >= 0.6 is 0 Å². The number of nitrogens with one attached hydrogen (secondary N) is 2. The molecule has 0 spiro atoms. The van der Waals surface area contributed by atoms with E-state index in [-0.39, 0.29) is 24.2 Å². The summed E-state index contributed by atoms with van der Waals surface area (Å²) in [6.07, 6.45) is 1.63. The monoisotopic (exact) mass is 393 g/mol. The van der Waals surface area contributed by atoms with E-state index in [4.69, 9.17) is 0 Å². The lowest BCUT2D eigenvalue weighted by atomic mass is 9.86. The zero-order chi connectivity index (χ0) is 20.7. The number of carboxylic acid groups (broad SMARTS) is 1. The van der Waals surface area contributed by atoms with Gasteiger partial charge >= 0.3 is 12.0 Å². The van der Waals surface area contributed by atoms with Crippen LogP contribution in [0.2, 0.25) is 0 Å². The molecule has 154 valence electrons. The molecule has 0 aliphatic carbocycles. The van der Waals surface area contributed by atoms with Crippen molar-refractivity contribution in [2.75, 3.05) is 13.1 Å². The molecule has 0 aromatic heterocycles. The Morgan fingerprint density at radius 1 is 1.29 bits per heavy atom. The van der Waals surface area contributed by atoms with E-state index in [1.807, 2.05) is 13.8 Å². The van der Waals surface area contributed by atoms with Crippen LogP contribution in [-0.4, -0.2) is 47.0 Å². The number of hydrogen-bond acceptors (Lipinski definition) is 3. The predicted molar refractivity (Wildman–Crippen MR) is 102 cm³/mol. The van der Waals surface area contributed by atoms with Crippen molar-refractivity contribution in [1.29, 1.82) is 0 Å². The number of hydrogen-bond donors (Lipinski definition) is 3. The van der Waals surface area contributed by atoms with E-state index in [9.17, 15) is 23.9 Å². The van der Waals surface area contributed by atoms with Crippen molar-refractivity contribution < 1.29 is 23.9 Å². The van der Waals surface area contributed by atoms with Crippen molar-refractivity contribution in [3.63, 3.8) is 0 Å². The fraction of sp³-hybridized carbons (Fsp3) is 0.550. The molecule has 1 aromatic rings. The van der Waals surface area contributed by atoms with Crippen molar-refractivity contribution in [1.82, 2.24) is 15.5 Å². The lowest BCUT2D eigenvalue weighted by molar-refractivity contribution is -0.148. The minimum absolute atomic E-state index is 0.134. The third kappa shape index (κ3) is 5.94. The highest BCUT2D eigenvalue weighted by atomic mass is 19.1. The largest absolute Gasteiger partial charge is 0.481 e. The molecule has 3 N–H and O–H groups in total. The van der Waals surface area contributed by atoms with Crippen molar-refractivity contribution in [2.45, 2.75) is 45.7 Å². The number of carbonyl (C=O) groups excluding carboxylic acids is 2. The molecule has 1 aliphatic heterocycles. The molecular formula is C20H28FN3O4. The van der Waals surface area contributed by atoms with E-state index in [0.717, 1.165) is 12.0 Å². The number of benzene rings is 1. The van der Waals surface area contributed by atoms with Crippen molar-refractivity contribution in [3.05, 3.63) is 35.6 Å². The Bertz CT molecular complexity index is 695. The van der Waals surface area contributed by atoms with Gasteiger partial charge in [-0.1, -0.05) is 32.4 Å². The van der Waals surface area contributed by atoms with Gasteiger partial charge in [0.2, 0.25) is 5.91 Å². The van der Waals surface area contributed by atoms with Gasteiger partial charge in [-0.05, 0) is 36.5 Å². The highest BCUT2D eigenvalue weighted by Crippen LogP contribution is 2.24. The van der Waals surface area contributed by atoms with Gasteiger partial charge in [0.15, 0.2) is 0 Å². The summed E-state index contributed by atoms with van der Waals surface area (Å²) in [5.74, 6) is -1.94. The SMILES string of the molecule is CCCC(NC(=O)NCc1ccc(F)cc1)C(=O)N1CCC(C(=O)O)C(C)C1. The number of carbonyl (C=O) groups is 3. The molecule has 3 amide bonds. The van der Waals surface area contributed by atoms with Crippen LogP contribution < -0.4 is 10.6 Å². The Balaban J connectivity index is 1.90. The molecule has 8 heteroatoms. The van der Waals surface area contributed by atoms with Crippen LogP contribution in [0.15, 0.2) is 24.3 Å². The molecule has 1 heterocycles. The summed E-state index contributed by atoms with van der Waals surface area (Å²) < 4.78 is 12.9. The van der Waals surface area contributed by atoms with Crippen LogP contribution in [0.1, 0.15) is 38.7 Å². The van der Waals surface area contributed by atoms with E-state index in [1.165, 1.54) is 12.1 Å². The fourth-order valence-electron chi connectivity index (χ4n) is 3.47. The minimum Gasteiger partial charge on any atom is -0.481 e. The van der Waals surface area contributed by atoms with Gasteiger partial charge in [0, 0.05) is 19.6 Å². The summed E-state index contributed by atoms with van der Waals surface area (Å²) >= 11 is 0. The number of piperidine rings is 1. The number of rotatable bonds is 7. The second kappa shape index (κ2) is 10.1. The highest BCUT2D eigenvalue weighted by molar-refractivity contribution is 5.87. The first-order valence-corrected chi connectivity index (χ1v) is 9.62. The maximum atomic E-state index is 12.9. The normalized spacial score (nSPS) is 20.3. The zero-order valence-corrected chi connectivity index (χ0v) is 16.3. The Morgan fingerprint density at radius 3 is 2.54 bits per heavy atom. The molecule has 7 nitrogen and oxygen atoms in total. The summed E-state index contributed by atoms with van der Waals surface area (Å²) in [4.78, 5) is 38.0. The first-order valence-electron chi connectivity index (χ1n) is 9.62. The number of aliphatic carboxylic acids is 1. The maximum Gasteiger partial charge on any atom is 0.315 e. The first kappa shape index (κ1) is 21.7. The summed E-state index contributed by atoms with van der Waals surface area (Å²) in [5.41, 5.74) is 0.750. The number of carboxylic acids is 1. The van der Waals surface area contributed by atoms with Crippen LogP contribution in [0.3, 0.4) is 0 Å². The lowest BCUT2D eigenvalue weighted by Crippen LogP contribution is -2.54. The number of amides is 3. The van der Waals surface area contributed by atoms with Crippen molar-refractivity contribution in [2.24, 2.45) is 11.8 Å². The summed E-state index contributed by atoms with van der Waals surface area (Å²) in [7, 11) is 0. The van der Waals surface area contributed by atoms with Gasteiger partial charge in [0.25, 0.3) is 0 Å². The Morgan fingerprint density at radius 2 is 1.96 bits per heavy atom. The lowest BCUT2D eigenvalue weighted by Gasteiger charge is -2.36. The van der Waals surface area contributed by atoms with Crippen LogP contribution in [-0.2, 0) is 16.1 Å². The summed E-state index contributed by atoms with van der Waals surface area (Å²) in [6.45, 7) is 4.72. The molecule has 1 aromatic carbocycles. The Hall–Kier alpha value is -2.64. The smallest absolute Gasteiger partial charge is 0.315 e. The van der Waals surface area contributed by atoms with E-state index in [0.29, 0.717) is 25.9 Å². The molecule has 0 radical (unpaired) electrons. The highest BCUT2D eigenvalue weighted by Gasteiger charge is 2.35. The van der Waals surface area contributed by atoms with Gasteiger partial charge in [-0.25, -0.2) is 9.18 Å². The molecule has 1 aliphatic rings. The van der Waals surface area contributed by atoms with Crippen LogP contribution in [0.25, 0.3) is 0 Å². The average Bonchev–Trinajstić information content (AvgIpc) is 2.66. The molecule has 28 heavy (non-hydrogen) atoms. The van der Waals surface area contributed by atoms with Gasteiger partial charge in [0.1, 0.15) is 11.9 Å². The number of halogens is 1. The van der Waals surface area contributed by atoms with Crippen LogP contribution in [0, 0.1) is 17.7 Å². The van der Waals surface area contributed by atoms with Gasteiger partial charge in [-0.15, -0.1) is 0 Å². The minimum atomic E-state index is -0.831. The van der Waals surface area contributed by atoms with Crippen molar-refractivity contribution in [3.8, 4) is 0 Å². The average molecular weight is 393 g/mol. The van der Waals surface area contributed by atoms with Gasteiger partial charge in [-0.3, -0.25) is 9.59 Å². The second-order valence-electron chi connectivity index (χ2n) is 7.29. The quantitative estimate of drug-likeness (QED) is 0.662. The molecular weight excluding hydrogens is 365 g/mol. The number of likely N-dealkylation sites (tertiary alicyclic amines) is 1. The molecule has 3 atom stereocenters. The molecule has 1 saturated heterocycles. The summed E-state index contributed by atoms with van der Waals surface area (Å²) in [6, 6.07) is 4.67. The molecule has 1 fully saturated rings.